The molecule has 3 atom stereocenters. The molecule has 0 aliphatic carbocycles. The third kappa shape index (κ3) is 0.892. The Labute approximate surface area is 58.2 Å². The summed E-state index contributed by atoms with van der Waals surface area (Å²) in [4.78, 5) is 10.6. The topological polar surface area (TPSA) is 61.9 Å². The standard InChI is InChI=1S/C6H9NO3/c8-4-2-1-3(7-4)5-6(9)10-5/h3,5-6,9H,1-2H2,(H,7,8). The number of ether oxygens (including phenoxy) is 1. The van der Waals surface area contributed by atoms with Gasteiger partial charge >= 0.3 is 0 Å². The number of carbonyl (C=O) groups is 1. The third-order valence-corrected chi connectivity index (χ3v) is 1.93. The van der Waals surface area contributed by atoms with Crippen molar-refractivity contribution in [3.05, 3.63) is 0 Å². The van der Waals surface area contributed by atoms with Gasteiger partial charge in [0.25, 0.3) is 0 Å². The predicted molar refractivity (Wildman–Crippen MR) is 32.0 cm³/mol. The van der Waals surface area contributed by atoms with Crippen molar-refractivity contribution in [2.45, 2.75) is 31.3 Å². The molecule has 0 aromatic heterocycles. The Morgan fingerprint density at radius 1 is 1.70 bits per heavy atom. The lowest BCUT2D eigenvalue weighted by atomic mass is 10.2. The average molecular weight is 143 g/mol. The van der Waals surface area contributed by atoms with Crippen LogP contribution in [0.3, 0.4) is 0 Å². The minimum Gasteiger partial charge on any atom is -0.366 e. The molecule has 2 fully saturated rings. The first-order valence-electron chi connectivity index (χ1n) is 3.40. The Hall–Kier alpha value is -0.610. The first-order chi connectivity index (χ1) is 4.77. The van der Waals surface area contributed by atoms with E-state index in [9.17, 15) is 4.79 Å². The molecule has 2 heterocycles. The van der Waals surface area contributed by atoms with Gasteiger partial charge in [0.05, 0.1) is 6.04 Å². The van der Waals surface area contributed by atoms with E-state index >= 15 is 0 Å². The predicted octanol–water partition coefficient (Wildman–Crippen LogP) is -1.02. The van der Waals surface area contributed by atoms with Gasteiger partial charge < -0.3 is 15.2 Å². The molecule has 3 unspecified atom stereocenters. The zero-order chi connectivity index (χ0) is 7.14. The zero-order valence-corrected chi connectivity index (χ0v) is 5.41. The minimum atomic E-state index is -0.636. The van der Waals surface area contributed by atoms with Gasteiger partial charge in [0.2, 0.25) is 5.91 Å². The molecular weight excluding hydrogens is 134 g/mol. The first kappa shape index (κ1) is 6.12. The maximum atomic E-state index is 10.6. The van der Waals surface area contributed by atoms with Gasteiger partial charge in [-0.1, -0.05) is 0 Å². The lowest BCUT2D eigenvalue weighted by molar-refractivity contribution is -0.119. The second kappa shape index (κ2) is 1.93. The third-order valence-electron chi connectivity index (χ3n) is 1.93. The van der Waals surface area contributed by atoms with Crippen LogP contribution in [0.2, 0.25) is 0 Å². The normalized spacial score (nSPS) is 45.3. The van der Waals surface area contributed by atoms with Crippen molar-refractivity contribution in [2.75, 3.05) is 0 Å². The van der Waals surface area contributed by atoms with Gasteiger partial charge in [-0.3, -0.25) is 4.79 Å². The Kier molecular flexibility index (Phi) is 1.18. The molecule has 0 radical (unpaired) electrons. The van der Waals surface area contributed by atoms with Crippen molar-refractivity contribution in [1.29, 1.82) is 0 Å². The summed E-state index contributed by atoms with van der Waals surface area (Å²) in [6.07, 6.45) is 0.590. The quantitative estimate of drug-likeness (QED) is 0.462. The summed E-state index contributed by atoms with van der Waals surface area (Å²) in [6.45, 7) is 0. The van der Waals surface area contributed by atoms with E-state index in [4.69, 9.17) is 9.84 Å². The van der Waals surface area contributed by atoms with Crippen molar-refractivity contribution in [3.8, 4) is 0 Å². The fourth-order valence-electron chi connectivity index (χ4n) is 1.29. The highest BCUT2D eigenvalue weighted by Crippen LogP contribution is 2.27. The lowest BCUT2D eigenvalue weighted by Gasteiger charge is -2.02. The van der Waals surface area contributed by atoms with Crippen molar-refractivity contribution >= 4 is 5.91 Å². The van der Waals surface area contributed by atoms with Crippen LogP contribution in [-0.4, -0.2) is 29.4 Å². The molecule has 2 saturated heterocycles. The van der Waals surface area contributed by atoms with Gasteiger partial charge in [-0.25, -0.2) is 0 Å². The van der Waals surface area contributed by atoms with Crippen LogP contribution in [0, 0.1) is 0 Å². The van der Waals surface area contributed by atoms with Crippen LogP contribution in [0.15, 0.2) is 0 Å². The second-order valence-corrected chi connectivity index (χ2v) is 2.70. The summed E-state index contributed by atoms with van der Waals surface area (Å²) < 4.78 is 4.79. The number of aliphatic hydroxyl groups is 1. The Morgan fingerprint density at radius 3 is 2.80 bits per heavy atom. The maximum absolute atomic E-state index is 10.6. The van der Waals surface area contributed by atoms with E-state index in [-0.39, 0.29) is 18.1 Å². The number of amides is 1. The molecule has 0 aromatic rings. The van der Waals surface area contributed by atoms with E-state index in [2.05, 4.69) is 5.32 Å². The molecule has 2 N–H and O–H groups in total. The zero-order valence-electron chi connectivity index (χ0n) is 5.41. The Balaban J connectivity index is 1.90. The van der Waals surface area contributed by atoms with Gasteiger partial charge in [-0.2, -0.15) is 0 Å². The van der Waals surface area contributed by atoms with Crippen molar-refractivity contribution in [1.82, 2.24) is 5.32 Å². The van der Waals surface area contributed by atoms with Gasteiger partial charge in [0, 0.05) is 6.42 Å². The van der Waals surface area contributed by atoms with Crippen LogP contribution in [0.25, 0.3) is 0 Å². The van der Waals surface area contributed by atoms with Gasteiger partial charge in [-0.15, -0.1) is 0 Å². The number of hydrogen-bond donors (Lipinski definition) is 2. The molecule has 10 heavy (non-hydrogen) atoms. The van der Waals surface area contributed by atoms with E-state index in [1.807, 2.05) is 0 Å². The highest BCUT2D eigenvalue weighted by atomic mass is 16.7. The lowest BCUT2D eigenvalue weighted by Crippen LogP contribution is -2.31. The Bertz CT molecular complexity index is 170. The smallest absolute Gasteiger partial charge is 0.220 e. The fourth-order valence-corrected chi connectivity index (χ4v) is 1.29. The van der Waals surface area contributed by atoms with E-state index in [0.717, 1.165) is 6.42 Å². The highest BCUT2D eigenvalue weighted by molar-refractivity contribution is 5.78. The second-order valence-electron chi connectivity index (χ2n) is 2.70. The molecule has 2 aliphatic heterocycles. The monoisotopic (exact) mass is 143 g/mol. The molecule has 2 aliphatic rings. The molecule has 4 nitrogen and oxygen atoms in total. The van der Waals surface area contributed by atoms with E-state index in [0.29, 0.717) is 6.42 Å². The summed E-state index contributed by atoms with van der Waals surface area (Å²) in [7, 11) is 0. The summed E-state index contributed by atoms with van der Waals surface area (Å²) in [5, 5.41) is 11.5. The molecule has 0 aromatic carbocycles. The number of nitrogens with one attached hydrogen (secondary N) is 1. The summed E-state index contributed by atoms with van der Waals surface area (Å²) >= 11 is 0. The van der Waals surface area contributed by atoms with E-state index < -0.39 is 6.29 Å². The Morgan fingerprint density at radius 2 is 2.40 bits per heavy atom. The fraction of sp³-hybridized carbons (Fsp3) is 0.833. The van der Waals surface area contributed by atoms with E-state index in [1.54, 1.807) is 0 Å². The number of carbonyl (C=O) groups excluding carboxylic acids is 1. The average Bonchev–Trinajstić information content (AvgIpc) is 2.42. The van der Waals surface area contributed by atoms with Gasteiger partial charge in [-0.05, 0) is 6.42 Å². The van der Waals surface area contributed by atoms with Crippen LogP contribution >= 0.6 is 0 Å². The number of hydrogen-bond acceptors (Lipinski definition) is 3. The van der Waals surface area contributed by atoms with Crippen LogP contribution < -0.4 is 5.32 Å². The van der Waals surface area contributed by atoms with Crippen molar-refractivity contribution in [3.63, 3.8) is 0 Å². The largest absolute Gasteiger partial charge is 0.366 e. The summed E-state index contributed by atoms with van der Waals surface area (Å²) in [5.74, 6) is 0.0627. The van der Waals surface area contributed by atoms with E-state index in [1.165, 1.54) is 0 Å². The van der Waals surface area contributed by atoms with Gasteiger partial charge in [0.15, 0.2) is 6.29 Å². The number of epoxide rings is 1. The molecule has 0 saturated carbocycles. The number of aliphatic hydroxyl groups excluding tert-OH is 1. The van der Waals surface area contributed by atoms with Crippen molar-refractivity contribution in [2.24, 2.45) is 0 Å². The molecule has 56 valence electrons. The molecule has 4 heteroatoms. The molecule has 0 spiro atoms. The molecular formula is C6H9NO3. The molecule has 0 bridgehead atoms. The van der Waals surface area contributed by atoms with Crippen LogP contribution in [0.1, 0.15) is 12.8 Å². The van der Waals surface area contributed by atoms with Crippen LogP contribution in [-0.2, 0) is 9.53 Å². The highest BCUT2D eigenvalue weighted by Gasteiger charge is 2.46. The first-order valence-corrected chi connectivity index (χ1v) is 3.40. The van der Waals surface area contributed by atoms with Gasteiger partial charge in [0.1, 0.15) is 6.10 Å². The van der Waals surface area contributed by atoms with Crippen LogP contribution in [0.5, 0.6) is 0 Å². The number of rotatable bonds is 1. The summed E-state index contributed by atoms with van der Waals surface area (Å²) in [5.41, 5.74) is 0. The summed E-state index contributed by atoms with van der Waals surface area (Å²) in [6, 6.07) is 0.0579. The molecule has 2 rings (SSSR count). The minimum absolute atomic E-state index is 0.0579. The van der Waals surface area contributed by atoms with Crippen molar-refractivity contribution < 1.29 is 14.6 Å². The SMILES string of the molecule is O=C1CCC(C2OC2O)N1. The van der Waals surface area contributed by atoms with Crippen LogP contribution in [0.4, 0.5) is 0 Å². The molecule has 1 amide bonds. The maximum Gasteiger partial charge on any atom is 0.220 e.